The first-order valence-corrected chi connectivity index (χ1v) is 9.89. The zero-order valence-electron chi connectivity index (χ0n) is 16.2. The third-order valence-electron chi connectivity index (χ3n) is 6.54. The Balaban J connectivity index is 2.27. The van der Waals surface area contributed by atoms with Crippen molar-refractivity contribution in [3.8, 4) is 5.75 Å². The van der Waals surface area contributed by atoms with Gasteiger partial charge in [0.2, 0.25) is 0 Å². The molecule has 3 rings (SSSR count). The molecule has 0 heterocycles. The van der Waals surface area contributed by atoms with Gasteiger partial charge in [0.05, 0.1) is 7.11 Å². The van der Waals surface area contributed by atoms with Gasteiger partial charge in [-0.25, -0.2) is 0 Å². The minimum Gasteiger partial charge on any atom is -0.497 e. The van der Waals surface area contributed by atoms with Crippen LogP contribution in [0.3, 0.4) is 0 Å². The molecule has 2 aromatic carbocycles. The second kappa shape index (κ2) is 7.64. The van der Waals surface area contributed by atoms with Crippen LogP contribution in [0.15, 0.2) is 48.5 Å². The van der Waals surface area contributed by atoms with Crippen molar-refractivity contribution in [1.82, 2.24) is 0 Å². The summed E-state index contributed by atoms with van der Waals surface area (Å²) in [5, 5.41) is 0. The number of hydrogen-bond acceptors (Lipinski definition) is 1. The summed E-state index contributed by atoms with van der Waals surface area (Å²) < 4.78 is 5.43. The third-order valence-corrected chi connectivity index (χ3v) is 6.54. The lowest BCUT2D eigenvalue weighted by Crippen LogP contribution is -2.46. The predicted molar refractivity (Wildman–Crippen MR) is 106 cm³/mol. The monoisotopic (exact) mass is 336 g/mol. The van der Waals surface area contributed by atoms with Crippen LogP contribution in [0.5, 0.6) is 5.75 Å². The topological polar surface area (TPSA) is 9.23 Å². The smallest absolute Gasteiger partial charge is 0.118 e. The van der Waals surface area contributed by atoms with Gasteiger partial charge in [-0.2, -0.15) is 0 Å². The zero-order valence-corrected chi connectivity index (χ0v) is 16.2. The van der Waals surface area contributed by atoms with E-state index >= 15 is 0 Å². The van der Waals surface area contributed by atoms with Gasteiger partial charge in [-0.1, -0.05) is 69.5 Å². The van der Waals surface area contributed by atoms with E-state index < -0.39 is 0 Å². The Labute approximate surface area is 153 Å². The van der Waals surface area contributed by atoms with Gasteiger partial charge in [0.25, 0.3) is 0 Å². The molecule has 0 amide bonds. The molecular weight excluding hydrogens is 304 g/mol. The average molecular weight is 337 g/mol. The van der Waals surface area contributed by atoms with Gasteiger partial charge in [-0.05, 0) is 60.4 Å². The van der Waals surface area contributed by atoms with Crippen molar-refractivity contribution in [3.63, 3.8) is 0 Å². The number of aryl methyl sites for hydroxylation is 1. The predicted octanol–water partition coefficient (Wildman–Crippen LogP) is 6.53. The maximum Gasteiger partial charge on any atom is 0.118 e. The highest BCUT2D eigenvalue weighted by Gasteiger charge is 2.48. The van der Waals surface area contributed by atoms with Crippen molar-refractivity contribution in [2.45, 2.75) is 58.3 Å². The molecule has 0 aromatic heterocycles. The molecule has 134 valence electrons. The summed E-state index contributed by atoms with van der Waals surface area (Å²) in [5.74, 6) is 2.34. The number of rotatable bonds is 5. The summed E-state index contributed by atoms with van der Waals surface area (Å²) >= 11 is 0. The molecule has 1 nitrogen and oxygen atoms in total. The van der Waals surface area contributed by atoms with E-state index in [1.165, 1.54) is 43.2 Å². The first kappa shape index (κ1) is 18.0. The van der Waals surface area contributed by atoms with Gasteiger partial charge >= 0.3 is 0 Å². The van der Waals surface area contributed by atoms with Crippen LogP contribution < -0.4 is 4.74 Å². The van der Waals surface area contributed by atoms with Crippen molar-refractivity contribution in [2.75, 3.05) is 7.11 Å². The van der Waals surface area contributed by atoms with E-state index in [2.05, 4.69) is 69.3 Å². The number of methoxy groups -OCH3 is 1. The van der Waals surface area contributed by atoms with E-state index in [4.69, 9.17) is 4.74 Å². The van der Waals surface area contributed by atoms with Crippen LogP contribution in [0.4, 0.5) is 0 Å². The van der Waals surface area contributed by atoms with Crippen molar-refractivity contribution in [2.24, 2.45) is 11.8 Å². The van der Waals surface area contributed by atoms with E-state index in [0.29, 0.717) is 11.8 Å². The molecule has 0 saturated heterocycles. The lowest BCUT2D eigenvalue weighted by Gasteiger charge is -2.51. The minimum atomic E-state index is 0.124. The molecular formula is C24H32O. The second-order valence-electron chi connectivity index (χ2n) is 7.55. The van der Waals surface area contributed by atoms with E-state index in [9.17, 15) is 0 Å². The van der Waals surface area contributed by atoms with Crippen LogP contribution in [-0.4, -0.2) is 7.11 Å². The molecule has 1 heteroatoms. The second-order valence-corrected chi connectivity index (χ2v) is 7.55. The van der Waals surface area contributed by atoms with Crippen molar-refractivity contribution < 1.29 is 4.74 Å². The van der Waals surface area contributed by atoms with Crippen molar-refractivity contribution in [1.29, 1.82) is 0 Å². The Bertz CT molecular complexity index is 673. The van der Waals surface area contributed by atoms with Gasteiger partial charge in [0.15, 0.2) is 0 Å². The summed E-state index contributed by atoms with van der Waals surface area (Å²) in [7, 11) is 1.75. The van der Waals surface area contributed by atoms with Crippen molar-refractivity contribution >= 4 is 0 Å². The van der Waals surface area contributed by atoms with Crippen LogP contribution in [-0.2, 0) is 5.41 Å². The Hall–Kier alpha value is -1.76. The molecule has 1 aliphatic rings. The molecule has 0 N–H and O–H groups in total. The van der Waals surface area contributed by atoms with Crippen molar-refractivity contribution in [3.05, 3.63) is 65.2 Å². The minimum absolute atomic E-state index is 0.124. The molecule has 0 spiro atoms. The Morgan fingerprint density at radius 3 is 2.04 bits per heavy atom. The van der Waals surface area contributed by atoms with Gasteiger partial charge in [0.1, 0.15) is 5.75 Å². The summed E-state index contributed by atoms with van der Waals surface area (Å²) in [6.07, 6.45) is 6.48. The standard InChI is InChI=1S/C24H32O/c1-5-19-11-9-12-20(6-2)24(19,23-13-8-7-10-18(23)3)21-14-16-22(25-4)17-15-21/h7-8,10,13-17,19-20H,5-6,9,11-12H2,1-4H3. The quantitative estimate of drug-likeness (QED) is 0.603. The highest BCUT2D eigenvalue weighted by molar-refractivity contribution is 5.47. The van der Waals surface area contributed by atoms with Gasteiger partial charge < -0.3 is 4.74 Å². The van der Waals surface area contributed by atoms with E-state index in [1.54, 1.807) is 12.7 Å². The summed E-state index contributed by atoms with van der Waals surface area (Å²) in [5.41, 5.74) is 4.57. The summed E-state index contributed by atoms with van der Waals surface area (Å²) in [6.45, 7) is 7.03. The average Bonchev–Trinajstić information content (AvgIpc) is 2.67. The lowest BCUT2D eigenvalue weighted by atomic mass is 9.52. The van der Waals surface area contributed by atoms with Gasteiger partial charge in [-0.3, -0.25) is 0 Å². The first-order valence-electron chi connectivity index (χ1n) is 9.89. The molecule has 0 radical (unpaired) electrons. The Kier molecular flexibility index (Phi) is 5.51. The highest BCUT2D eigenvalue weighted by atomic mass is 16.5. The molecule has 1 aliphatic carbocycles. The van der Waals surface area contributed by atoms with Gasteiger partial charge in [-0.15, -0.1) is 0 Å². The highest BCUT2D eigenvalue weighted by Crippen LogP contribution is 2.55. The van der Waals surface area contributed by atoms with E-state index in [0.717, 1.165) is 5.75 Å². The number of ether oxygens (including phenoxy) is 1. The molecule has 0 bridgehead atoms. The fraction of sp³-hybridized carbons (Fsp3) is 0.500. The molecule has 25 heavy (non-hydrogen) atoms. The largest absolute Gasteiger partial charge is 0.497 e. The molecule has 1 saturated carbocycles. The summed E-state index contributed by atoms with van der Waals surface area (Å²) in [6, 6.07) is 18.0. The molecule has 2 unspecified atom stereocenters. The maximum atomic E-state index is 5.43. The Morgan fingerprint density at radius 2 is 1.52 bits per heavy atom. The lowest BCUT2D eigenvalue weighted by molar-refractivity contribution is 0.132. The molecule has 1 fully saturated rings. The Morgan fingerprint density at radius 1 is 0.920 bits per heavy atom. The molecule has 0 aliphatic heterocycles. The number of benzene rings is 2. The fourth-order valence-electron chi connectivity index (χ4n) is 5.42. The molecule has 2 atom stereocenters. The normalized spacial score (nSPS) is 26.4. The molecule has 2 aromatic rings. The fourth-order valence-corrected chi connectivity index (χ4v) is 5.42. The maximum absolute atomic E-state index is 5.43. The van der Waals surface area contributed by atoms with Crippen LogP contribution in [0.2, 0.25) is 0 Å². The summed E-state index contributed by atoms with van der Waals surface area (Å²) in [4.78, 5) is 0. The number of hydrogen-bond donors (Lipinski definition) is 0. The van der Waals surface area contributed by atoms with Crippen LogP contribution in [0.1, 0.15) is 62.6 Å². The SMILES string of the molecule is CCC1CCCC(CC)C1(c1ccc(OC)cc1)c1ccccc1C. The third kappa shape index (κ3) is 2.99. The van der Waals surface area contributed by atoms with Crippen LogP contribution >= 0.6 is 0 Å². The van der Waals surface area contributed by atoms with Gasteiger partial charge in [0, 0.05) is 5.41 Å². The van der Waals surface area contributed by atoms with E-state index in [-0.39, 0.29) is 5.41 Å². The van der Waals surface area contributed by atoms with Crippen LogP contribution in [0, 0.1) is 18.8 Å². The first-order chi connectivity index (χ1) is 12.2. The van der Waals surface area contributed by atoms with Crippen LogP contribution in [0.25, 0.3) is 0 Å². The zero-order chi connectivity index (χ0) is 17.9. The van der Waals surface area contributed by atoms with E-state index in [1.807, 2.05) is 0 Å².